The fraction of sp³-hybridized carbons (Fsp3) is 0.273. The smallest absolute Gasteiger partial charge is 0.409 e. The third-order valence-corrected chi connectivity index (χ3v) is 2.31. The van der Waals surface area contributed by atoms with Crippen LogP contribution in [0.1, 0.15) is 23.2 Å². The lowest BCUT2D eigenvalue weighted by molar-refractivity contribution is 0.0951. The zero-order valence-electron chi connectivity index (χ0n) is 8.56. The van der Waals surface area contributed by atoms with Crippen molar-refractivity contribution in [2.24, 2.45) is 0 Å². The van der Waals surface area contributed by atoms with Gasteiger partial charge in [0.15, 0.2) is 0 Å². The van der Waals surface area contributed by atoms with Gasteiger partial charge in [0.2, 0.25) is 0 Å². The van der Waals surface area contributed by atoms with Crippen LogP contribution >= 0.6 is 0 Å². The van der Waals surface area contributed by atoms with E-state index in [0.717, 1.165) is 12.8 Å². The molecule has 0 radical (unpaired) electrons. The van der Waals surface area contributed by atoms with Gasteiger partial charge in [0.1, 0.15) is 0 Å². The van der Waals surface area contributed by atoms with Gasteiger partial charge in [0.25, 0.3) is 5.91 Å². The minimum Gasteiger partial charge on any atom is -0.465 e. The average Bonchev–Trinajstić information content (AvgIpc) is 3.01. The Hall–Kier alpha value is -2.04. The van der Waals surface area contributed by atoms with Gasteiger partial charge in [-0.15, -0.1) is 0 Å². The van der Waals surface area contributed by atoms with Crippen LogP contribution in [0.25, 0.3) is 0 Å². The van der Waals surface area contributed by atoms with Crippen LogP contribution in [0.5, 0.6) is 0 Å². The van der Waals surface area contributed by atoms with E-state index < -0.39 is 6.09 Å². The third-order valence-electron chi connectivity index (χ3n) is 2.31. The average molecular weight is 220 g/mol. The van der Waals surface area contributed by atoms with Crippen molar-refractivity contribution >= 4 is 17.7 Å². The summed E-state index contributed by atoms with van der Waals surface area (Å²) in [5.41, 5.74) is 0.998. The second-order valence-corrected chi connectivity index (χ2v) is 3.76. The predicted octanol–water partition coefficient (Wildman–Crippen LogP) is 1.67. The molecule has 0 bridgehead atoms. The first-order valence-corrected chi connectivity index (χ1v) is 5.06. The highest BCUT2D eigenvalue weighted by Gasteiger charge is 2.23. The second-order valence-electron chi connectivity index (χ2n) is 3.76. The molecule has 0 aromatic heterocycles. The van der Waals surface area contributed by atoms with Crippen LogP contribution in [0, 0.1) is 0 Å². The first-order chi connectivity index (χ1) is 7.65. The largest absolute Gasteiger partial charge is 0.465 e. The van der Waals surface area contributed by atoms with Crippen molar-refractivity contribution in [1.29, 1.82) is 0 Å². The molecule has 2 amide bonds. The first kappa shape index (κ1) is 10.5. The molecule has 1 saturated carbocycles. The zero-order chi connectivity index (χ0) is 11.5. The van der Waals surface area contributed by atoms with Gasteiger partial charge >= 0.3 is 6.09 Å². The van der Waals surface area contributed by atoms with Gasteiger partial charge in [-0.05, 0) is 37.1 Å². The molecule has 1 aromatic carbocycles. The molecule has 5 nitrogen and oxygen atoms in total. The van der Waals surface area contributed by atoms with Gasteiger partial charge in [0, 0.05) is 17.3 Å². The van der Waals surface area contributed by atoms with Crippen molar-refractivity contribution < 1.29 is 14.7 Å². The molecule has 1 aromatic rings. The molecule has 5 heteroatoms. The van der Waals surface area contributed by atoms with Crippen LogP contribution in [-0.4, -0.2) is 23.1 Å². The Morgan fingerprint density at radius 1 is 1.19 bits per heavy atom. The Labute approximate surface area is 92.5 Å². The molecule has 0 saturated heterocycles. The molecule has 0 spiro atoms. The van der Waals surface area contributed by atoms with E-state index in [4.69, 9.17) is 5.11 Å². The van der Waals surface area contributed by atoms with Crippen LogP contribution in [-0.2, 0) is 0 Å². The highest BCUT2D eigenvalue weighted by molar-refractivity contribution is 5.95. The van der Waals surface area contributed by atoms with Gasteiger partial charge < -0.3 is 10.4 Å². The monoisotopic (exact) mass is 220 g/mol. The van der Waals surface area contributed by atoms with E-state index in [-0.39, 0.29) is 5.91 Å². The number of nitrogens with one attached hydrogen (secondary N) is 2. The minimum absolute atomic E-state index is 0.107. The number of rotatable bonds is 3. The molecule has 16 heavy (non-hydrogen) atoms. The van der Waals surface area contributed by atoms with Gasteiger partial charge in [-0.1, -0.05) is 0 Å². The number of carbonyl (C=O) groups is 2. The van der Waals surface area contributed by atoms with E-state index in [1.807, 2.05) is 0 Å². The fourth-order valence-corrected chi connectivity index (χ4v) is 1.32. The summed E-state index contributed by atoms with van der Waals surface area (Å²) in [7, 11) is 0. The fourth-order valence-electron chi connectivity index (χ4n) is 1.32. The van der Waals surface area contributed by atoms with Crippen LogP contribution < -0.4 is 10.6 Å². The number of hydrogen-bond donors (Lipinski definition) is 3. The molecule has 0 aliphatic heterocycles. The summed E-state index contributed by atoms with van der Waals surface area (Å²) < 4.78 is 0. The van der Waals surface area contributed by atoms with E-state index >= 15 is 0 Å². The summed E-state index contributed by atoms with van der Waals surface area (Å²) in [5.74, 6) is -0.107. The number of amides is 2. The van der Waals surface area contributed by atoms with Crippen LogP contribution in [0.3, 0.4) is 0 Å². The highest BCUT2D eigenvalue weighted by atomic mass is 16.4. The molecule has 84 valence electrons. The van der Waals surface area contributed by atoms with Crippen molar-refractivity contribution in [3.05, 3.63) is 29.8 Å². The standard InChI is InChI=1S/C11H12N2O3/c14-10(12-8-5-6-8)7-1-3-9(4-2-7)13-11(15)16/h1-4,8,13H,5-6H2,(H,12,14)(H,15,16). The molecular weight excluding hydrogens is 208 g/mol. The topological polar surface area (TPSA) is 78.4 Å². The van der Waals surface area contributed by atoms with Crippen molar-refractivity contribution in [3.63, 3.8) is 0 Å². The molecule has 1 aliphatic rings. The van der Waals surface area contributed by atoms with E-state index in [0.29, 0.717) is 17.3 Å². The Balaban J connectivity index is 2.00. The SMILES string of the molecule is O=C(O)Nc1ccc(C(=O)NC2CC2)cc1. The summed E-state index contributed by atoms with van der Waals surface area (Å²) in [6.07, 6.45) is 0.976. The second kappa shape index (κ2) is 4.22. The number of benzene rings is 1. The van der Waals surface area contributed by atoms with Crippen molar-refractivity contribution in [2.45, 2.75) is 18.9 Å². The molecule has 0 unspecified atom stereocenters. The predicted molar refractivity (Wildman–Crippen MR) is 58.6 cm³/mol. The number of carbonyl (C=O) groups excluding carboxylic acids is 1. The Kier molecular flexibility index (Phi) is 2.76. The van der Waals surface area contributed by atoms with E-state index in [1.54, 1.807) is 24.3 Å². The summed E-state index contributed by atoms with van der Waals surface area (Å²) in [4.78, 5) is 21.9. The lowest BCUT2D eigenvalue weighted by Crippen LogP contribution is -2.25. The Morgan fingerprint density at radius 2 is 1.81 bits per heavy atom. The van der Waals surface area contributed by atoms with Crippen LogP contribution in [0.2, 0.25) is 0 Å². The Bertz CT molecular complexity index is 410. The van der Waals surface area contributed by atoms with E-state index in [2.05, 4.69) is 10.6 Å². The third kappa shape index (κ3) is 2.73. The van der Waals surface area contributed by atoms with Gasteiger partial charge in [-0.2, -0.15) is 0 Å². The van der Waals surface area contributed by atoms with E-state index in [9.17, 15) is 9.59 Å². The summed E-state index contributed by atoms with van der Waals surface area (Å²) in [6, 6.07) is 6.65. The molecule has 3 N–H and O–H groups in total. The van der Waals surface area contributed by atoms with Gasteiger partial charge in [-0.25, -0.2) is 4.79 Å². The maximum atomic E-state index is 11.6. The first-order valence-electron chi connectivity index (χ1n) is 5.06. The molecule has 1 fully saturated rings. The van der Waals surface area contributed by atoms with Gasteiger partial charge in [-0.3, -0.25) is 10.1 Å². The molecule has 0 atom stereocenters. The summed E-state index contributed by atoms with van der Waals surface area (Å²) in [5, 5.41) is 13.5. The maximum absolute atomic E-state index is 11.6. The van der Waals surface area contributed by atoms with Crippen LogP contribution in [0.4, 0.5) is 10.5 Å². The quantitative estimate of drug-likeness (QED) is 0.725. The number of hydrogen-bond acceptors (Lipinski definition) is 2. The zero-order valence-corrected chi connectivity index (χ0v) is 8.56. The minimum atomic E-state index is -1.12. The van der Waals surface area contributed by atoms with Crippen molar-refractivity contribution in [3.8, 4) is 0 Å². The number of anilines is 1. The number of carboxylic acid groups (broad SMARTS) is 1. The Morgan fingerprint density at radius 3 is 2.31 bits per heavy atom. The molecule has 2 rings (SSSR count). The summed E-state index contributed by atoms with van der Waals surface area (Å²) in [6.45, 7) is 0. The molecule has 1 aliphatic carbocycles. The highest BCUT2D eigenvalue weighted by Crippen LogP contribution is 2.19. The van der Waals surface area contributed by atoms with Gasteiger partial charge in [0.05, 0.1) is 0 Å². The normalized spacial score (nSPS) is 14.2. The maximum Gasteiger partial charge on any atom is 0.409 e. The van der Waals surface area contributed by atoms with E-state index in [1.165, 1.54) is 0 Å². The van der Waals surface area contributed by atoms with Crippen molar-refractivity contribution in [1.82, 2.24) is 5.32 Å². The lowest BCUT2D eigenvalue weighted by atomic mass is 10.2. The summed E-state index contributed by atoms with van der Waals surface area (Å²) >= 11 is 0. The molecule has 0 heterocycles. The molecular formula is C11H12N2O3. The van der Waals surface area contributed by atoms with Crippen LogP contribution in [0.15, 0.2) is 24.3 Å². The van der Waals surface area contributed by atoms with Crippen molar-refractivity contribution in [2.75, 3.05) is 5.32 Å². The lowest BCUT2D eigenvalue weighted by Gasteiger charge is -2.04.